The Bertz CT molecular complexity index is 245. The monoisotopic (exact) mass is 168 g/mol. The second-order valence-corrected chi connectivity index (χ2v) is 2.97. The molecule has 0 aromatic carbocycles. The molecular weight excluding hydrogens is 156 g/mol. The molecule has 1 aliphatic rings. The number of allylic oxidation sites excluding steroid dienone is 2. The maximum atomic E-state index is 10.6. The summed E-state index contributed by atoms with van der Waals surface area (Å²) in [7, 11) is 0. The van der Waals surface area contributed by atoms with Crippen molar-refractivity contribution in [2.75, 3.05) is 0 Å². The van der Waals surface area contributed by atoms with Gasteiger partial charge in [-0.3, -0.25) is 4.79 Å². The van der Waals surface area contributed by atoms with Crippen molar-refractivity contribution < 1.29 is 9.90 Å². The molecule has 1 atom stereocenters. The quantitative estimate of drug-likeness (QED) is 0.531. The van der Waals surface area contributed by atoms with Crippen molar-refractivity contribution in [1.29, 1.82) is 5.41 Å². The van der Waals surface area contributed by atoms with E-state index in [1.807, 2.05) is 0 Å². The summed E-state index contributed by atoms with van der Waals surface area (Å²) in [6, 6.07) is 0. The number of carboxylic acid groups (broad SMARTS) is 1. The number of hydrogen-bond acceptors (Lipinski definition) is 3. The van der Waals surface area contributed by atoms with E-state index in [0.717, 1.165) is 6.21 Å². The van der Waals surface area contributed by atoms with E-state index in [-0.39, 0.29) is 5.92 Å². The number of hydrogen-bond donors (Lipinski definition) is 3. The molecule has 0 amide bonds. The van der Waals surface area contributed by atoms with Gasteiger partial charge in [0.25, 0.3) is 0 Å². The van der Waals surface area contributed by atoms with Crippen LogP contribution in [-0.4, -0.2) is 17.3 Å². The second-order valence-electron chi connectivity index (χ2n) is 2.97. The highest BCUT2D eigenvalue weighted by atomic mass is 16.4. The third-order valence-corrected chi connectivity index (χ3v) is 2.16. The minimum absolute atomic E-state index is 0.353. The Balaban J connectivity index is 2.74. The van der Waals surface area contributed by atoms with Crippen LogP contribution >= 0.6 is 0 Å². The normalized spacial score (nSPS) is 23.8. The van der Waals surface area contributed by atoms with E-state index in [2.05, 4.69) is 0 Å². The van der Waals surface area contributed by atoms with Gasteiger partial charge in [0.05, 0.1) is 5.92 Å². The summed E-state index contributed by atoms with van der Waals surface area (Å²) in [4.78, 5) is 10.6. The zero-order chi connectivity index (χ0) is 9.14. The van der Waals surface area contributed by atoms with Crippen molar-refractivity contribution in [1.82, 2.24) is 0 Å². The Kier molecular flexibility index (Phi) is 2.47. The van der Waals surface area contributed by atoms with Gasteiger partial charge in [-0.25, -0.2) is 0 Å². The molecule has 0 saturated heterocycles. The van der Waals surface area contributed by atoms with Crippen LogP contribution in [0.25, 0.3) is 0 Å². The van der Waals surface area contributed by atoms with Gasteiger partial charge in [-0.1, -0.05) is 0 Å². The standard InChI is InChI=1S/C8H12N2O2/c9-4-6-3-5(8(11)12)1-2-7(6)10/h4-5,9H,1-3,10H2,(H,11,12). The minimum Gasteiger partial charge on any atom is -0.481 e. The smallest absolute Gasteiger partial charge is 0.306 e. The minimum atomic E-state index is -0.790. The number of rotatable bonds is 2. The lowest BCUT2D eigenvalue weighted by atomic mass is 9.87. The molecule has 4 heteroatoms. The molecule has 0 bridgehead atoms. The molecule has 4 nitrogen and oxygen atoms in total. The topological polar surface area (TPSA) is 87.2 Å². The highest BCUT2D eigenvalue weighted by Crippen LogP contribution is 2.25. The van der Waals surface area contributed by atoms with Crippen LogP contribution in [0.2, 0.25) is 0 Å². The number of carbonyl (C=O) groups is 1. The number of nitrogens with one attached hydrogen (secondary N) is 1. The van der Waals surface area contributed by atoms with Gasteiger partial charge in [0, 0.05) is 11.9 Å². The molecule has 66 valence electrons. The average molecular weight is 168 g/mol. The molecule has 1 unspecified atom stereocenters. The van der Waals surface area contributed by atoms with Crippen molar-refractivity contribution >= 4 is 12.2 Å². The average Bonchev–Trinajstić information content (AvgIpc) is 2.05. The van der Waals surface area contributed by atoms with E-state index in [1.165, 1.54) is 0 Å². The molecule has 1 rings (SSSR count). The van der Waals surface area contributed by atoms with E-state index in [0.29, 0.717) is 30.5 Å². The van der Waals surface area contributed by atoms with E-state index in [9.17, 15) is 4.79 Å². The Morgan fingerprint density at radius 1 is 1.75 bits per heavy atom. The lowest BCUT2D eigenvalue weighted by Gasteiger charge is -2.19. The van der Waals surface area contributed by atoms with Crippen LogP contribution in [0.3, 0.4) is 0 Å². The molecule has 0 spiro atoms. The van der Waals surface area contributed by atoms with Crippen LogP contribution in [0, 0.1) is 11.3 Å². The first-order chi connectivity index (χ1) is 5.65. The molecular formula is C8H12N2O2. The Morgan fingerprint density at radius 2 is 2.42 bits per heavy atom. The van der Waals surface area contributed by atoms with Crippen molar-refractivity contribution in [3.8, 4) is 0 Å². The third-order valence-electron chi connectivity index (χ3n) is 2.16. The Morgan fingerprint density at radius 3 is 2.92 bits per heavy atom. The van der Waals surface area contributed by atoms with Gasteiger partial charge in [-0.15, -0.1) is 0 Å². The van der Waals surface area contributed by atoms with Crippen molar-refractivity contribution in [3.05, 3.63) is 11.3 Å². The van der Waals surface area contributed by atoms with Crippen LogP contribution in [0.4, 0.5) is 0 Å². The molecule has 4 N–H and O–H groups in total. The van der Waals surface area contributed by atoms with Crippen LogP contribution in [0.5, 0.6) is 0 Å². The van der Waals surface area contributed by atoms with Crippen LogP contribution in [0.1, 0.15) is 19.3 Å². The van der Waals surface area contributed by atoms with Crippen molar-refractivity contribution in [3.63, 3.8) is 0 Å². The second kappa shape index (κ2) is 3.38. The number of carboxylic acids is 1. The number of nitrogens with two attached hydrogens (primary N) is 1. The predicted octanol–water partition coefficient (Wildman–Crippen LogP) is 0.733. The lowest BCUT2D eigenvalue weighted by molar-refractivity contribution is -0.142. The van der Waals surface area contributed by atoms with Crippen LogP contribution < -0.4 is 5.73 Å². The molecule has 0 radical (unpaired) electrons. The summed E-state index contributed by atoms with van der Waals surface area (Å²) in [6.45, 7) is 0. The van der Waals surface area contributed by atoms with Crippen LogP contribution in [-0.2, 0) is 4.79 Å². The molecule has 0 saturated carbocycles. The van der Waals surface area contributed by atoms with E-state index < -0.39 is 5.97 Å². The molecule has 1 aliphatic carbocycles. The molecule has 0 fully saturated rings. The highest BCUT2D eigenvalue weighted by Gasteiger charge is 2.23. The van der Waals surface area contributed by atoms with E-state index in [4.69, 9.17) is 16.2 Å². The zero-order valence-electron chi connectivity index (χ0n) is 6.71. The first-order valence-corrected chi connectivity index (χ1v) is 3.86. The summed E-state index contributed by atoms with van der Waals surface area (Å²) >= 11 is 0. The zero-order valence-corrected chi connectivity index (χ0v) is 6.71. The van der Waals surface area contributed by atoms with Gasteiger partial charge in [0.15, 0.2) is 0 Å². The third kappa shape index (κ3) is 1.64. The summed E-state index contributed by atoms with van der Waals surface area (Å²) in [5.74, 6) is -1.14. The first kappa shape index (κ1) is 8.77. The number of aliphatic carboxylic acids is 1. The molecule has 0 aromatic rings. The highest BCUT2D eigenvalue weighted by molar-refractivity contribution is 5.80. The molecule has 0 aliphatic heterocycles. The van der Waals surface area contributed by atoms with E-state index in [1.54, 1.807) is 0 Å². The summed E-state index contributed by atoms with van der Waals surface area (Å²) in [5.41, 5.74) is 6.93. The van der Waals surface area contributed by atoms with E-state index >= 15 is 0 Å². The van der Waals surface area contributed by atoms with Gasteiger partial charge in [0.2, 0.25) is 0 Å². The summed E-state index contributed by atoms with van der Waals surface area (Å²) in [6.07, 6.45) is 2.76. The summed E-state index contributed by atoms with van der Waals surface area (Å²) in [5, 5.41) is 15.7. The van der Waals surface area contributed by atoms with Gasteiger partial charge < -0.3 is 16.2 Å². The first-order valence-electron chi connectivity index (χ1n) is 3.86. The fourth-order valence-corrected chi connectivity index (χ4v) is 1.35. The van der Waals surface area contributed by atoms with Gasteiger partial charge in [0.1, 0.15) is 0 Å². The van der Waals surface area contributed by atoms with Gasteiger partial charge in [-0.2, -0.15) is 0 Å². The molecule has 0 aromatic heterocycles. The summed E-state index contributed by atoms with van der Waals surface area (Å²) < 4.78 is 0. The lowest BCUT2D eigenvalue weighted by Crippen LogP contribution is -2.21. The molecule has 12 heavy (non-hydrogen) atoms. The maximum absolute atomic E-state index is 10.6. The van der Waals surface area contributed by atoms with Crippen molar-refractivity contribution in [2.24, 2.45) is 11.7 Å². The Hall–Kier alpha value is -1.32. The largest absolute Gasteiger partial charge is 0.481 e. The fourth-order valence-electron chi connectivity index (χ4n) is 1.35. The maximum Gasteiger partial charge on any atom is 0.306 e. The SMILES string of the molecule is N=CC1=C(N)CCC(C(=O)O)C1. The van der Waals surface area contributed by atoms with Crippen LogP contribution in [0.15, 0.2) is 11.3 Å². The van der Waals surface area contributed by atoms with Crippen molar-refractivity contribution in [2.45, 2.75) is 19.3 Å². The Labute approximate surface area is 70.6 Å². The molecule has 0 heterocycles. The predicted molar refractivity (Wildman–Crippen MR) is 45.0 cm³/mol. The van der Waals surface area contributed by atoms with Gasteiger partial charge >= 0.3 is 5.97 Å². The fraction of sp³-hybridized carbons (Fsp3) is 0.500. The van der Waals surface area contributed by atoms with Gasteiger partial charge in [-0.05, 0) is 24.8 Å².